The number of rotatable bonds is 7. The van der Waals surface area contributed by atoms with Crippen LogP contribution in [0.5, 0.6) is 5.75 Å². The van der Waals surface area contributed by atoms with Crippen LogP contribution in [0, 0.1) is 0 Å². The summed E-state index contributed by atoms with van der Waals surface area (Å²) in [6.07, 6.45) is 1.67. The van der Waals surface area contributed by atoms with E-state index in [0.29, 0.717) is 30.5 Å². The molecule has 0 aliphatic heterocycles. The van der Waals surface area contributed by atoms with Gasteiger partial charge in [-0.15, -0.1) is 0 Å². The summed E-state index contributed by atoms with van der Waals surface area (Å²) in [6.45, 7) is 5.41. The Morgan fingerprint density at radius 2 is 2.31 bits per heavy atom. The first-order chi connectivity index (χ1) is 7.77. The molecule has 1 aromatic rings. The predicted octanol–water partition coefficient (Wildman–Crippen LogP) is 1.99. The summed E-state index contributed by atoms with van der Waals surface area (Å²) in [5, 5.41) is 12.3. The predicted molar refractivity (Wildman–Crippen MR) is 65.9 cm³/mol. The minimum Gasteiger partial charge on any atom is -0.488 e. The summed E-state index contributed by atoms with van der Waals surface area (Å²) in [5.74, 6) is 0.660. The highest BCUT2D eigenvalue weighted by Crippen LogP contribution is 2.25. The van der Waals surface area contributed by atoms with E-state index in [0.717, 1.165) is 5.56 Å². The van der Waals surface area contributed by atoms with Crippen LogP contribution in [-0.4, -0.2) is 24.9 Å². The van der Waals surface area contributed by atoms with E-state index in [9.17, 15) is 0 Å². The lowest BCUT2D eigenvalue weighted by molar-refractivity contribution is 0.292. The van der Waals surface area contributed by atoms with E-state index in [4.69, 9.17) is 21.4 Å². The maximum absolute atomic E-state index is 8.62. The summed E-state index contributed by atoms with van der Waals surface area (Å²) in [5.41, 5.74) is 1.06. The molecule has 0 atom stereocenters. The fraction of sp³-hybridized carbons (Fsp3) is 0.333. The van der Waals surface area contributed by atoms with Crippen LogP contribution in [0.3, 0.4) is 0 Å². The molecular formula is C12H16ClNO2. The Morgan fingerprint density at radius 3 is 2.94 bits per heavy atom. The lowest BCUT2D eigenvalue weighted by atomic mass is 10.2. The first kappa shape index (κ1) is 13.0. The number of benzene rings is 1. The lowest BCUT2D eigenvalue weighted by Gasteiger charge is -2.08. The Hall–Kier alpha value is -1.03. The van der Waals surface area contributed by atoms with E-state index in [1.807, 2.05) is 18.2 Å². The Labute approximate surface area is 101 Å². The van der Waals surface area contributed by atoms with Crippen LogP contribution in [-0.2, 0) is 6.54 Å². The molecule has 3 nitrogen and oxygen atoms in total. The van der Waals surface area contributed by atoms with Crippen molar-refractivity contribution in [2.45, 2.75) is 6.54 Å². The third kappa shape index (κ3) is 4.23. The molecule has 0 spiro atoms. The number of halogens is 1. The van der Waals surface area contributed by atoms with Crippen LogP contribution in [0.1, 0.15) is 5.56 Å². The van der Waals surface area contributed by atoms with Gasteiger partial charge in [-0.05, 0) is 17.7 Å². The van der Waals surface area contributed by atoms with Crippen LogP contribution in [0.25, 0.3) is 0 Å². The molecule has 0 saturated heterocycles. The van der Waals surface area contributed by atoms with Crippen LogP contribution in [0.4, 0.5) is 0 Å². The number of hydrogen-bond acceptors (Lipinski definition) is 3. The highest BCUT2D eigenvalue weighted by Gasteiger charge is 2.02. The van der Waals surface area contributed by atoms with Gasteiger partial charge in [0.15, 0.2) is 0 Å². The number of ether oxygens (including phenoxy) is 1. The van der Waals surface area contributed by atoms with Gasteiger partial charge in [-0.2, -0.15) is 0 Å². The number of nitrogens with one attached hydrogen (secondary N) is 1. The van der Waals surface area contributed by atoms with E-state index in [-0.39, 0.29) is 6.61 Å². The van der Waals surface area contributed by atoms with Gasteiger partial charge in [-0.25, -0.2) is 0 Å². The highest BCUT2D eigenvalue weighted by atomic mass is 35.5. The first-order valence-electron chi connectivity index (χ1n) is 5.11. The molecule has 0 saturated carbocycles. The van der Waals surface area contributed by atoms with Crippen LogP contribution < -0.4 is 10.1 Å². The molecule has 0 aliphatic carbocycles. The van der Waals surface area contributed by atoms with Crippen molar-refractivity contribution >= 4 is 11.6 Å². The van der Waals surface area contributed by atoms with Crippen molar-refractivity contribution in [2.75, 3.05) is 19.8 Å². The van der Waals surface area contributed by atoms with Gasteiger partial charge in [0.05, 0.1) is 11.6 Å². The molecule has 88 valence electrons. The molecule has 0 heterocycles. The maximum Gasteiger partial charge on any atom is 0.138 e. The summed E-state index contributed by atoms with van der Waals surface area (Å²) in [6, 6.07) is 5.63. The molecule has 0 unspecified atom stereocenters. The van der Waals surface area contributed by atoms with Gasteiger partial charge < -0.3 is 15.2 Å². The van der Waals surface area contributed by atoms with E-state index >= 15 is 0 Å². The highest BCUT2D eigenvalue weighted by molar-refractivity contribution is 6.32. The maximum atomic E-state index is 8.62. The van der Waals surface area contributed by atoms with Crippen LogP contribution in [0.2, 0.25) is 5.02 Å². The lowest BCUT2D eigenvalue weighted by Crippen LogP contribution is -2.17. The molecule has 0 aliphatic rings. The summed E-state index contributed by atoms with van der Waals surface area (Å²) >= 11 is 6.04. The van der Waals surface area contributed by atoms with Gasteiger partial charge in [-0.3, -0.25) is 0 Å². The van der Waals surface area contributed by atoms with Crippen molar-refractivity contribution < 1.29 is 9.84 Å². The SMILES string of the molecule is C=CCOc1ccc(CNCCO)cc1Cl. The Bertz CT molecular complexity index is 342. The minimum absolute atomic E-state index is 0.133. The molecule has 1 aromatic carbocycles. The average Bonchev–Trinajstić information content (AvgIpc) is 2.28. The van der Waals surface area contributed by atoms with Gasteiger partial charge in [0.1, 0.15) is 12.4 Å². The zero-order valence-corrected chi connectivity index (χ0v) is 9.83. The summed E-state index contributed by atoms with van der Waals surface area (Å²) < 4.78 is 5.36. The van der Waals surface area contributed by atoms with E-state index in [2.05, 4.69) is 11.9 Å². The standard InChI is InChI=1S/C12H16ClNO2/c1-2-7-16-12-4-3-10(8-11(12)13)9-14-5-6-15/h2-4,8,14-15H,1,5-7,9H2. The van der Waals surface area contributed by atoms with Gasteiger partial charge >= 0.3 is 0 Å². The number of hydrogen-bond donors (Lipinski definition) is 2. The fourth-order valence-corrected chi connectivity index (χ4v) is 1.49. The smallest absolute Gasteiger partial charge is 0.138 e. The average molecular weight is 242 g/mol. The topological polar surface area (TPSA) is 41.5 Å². The Morgan fingerprint density at radius 1 is 1.50 bits per heavy atom. The molecule has 2 N–H and O–H groups in total. The molecule has 0 amide bonds. The molecule has 0 fully saturated rings. The van der Waals surface area contributed by atoms with Crippen molar-refractivity contribution in [1.29, 1.82) is 0 Å². The second-order valence-corrected chi connectivity index (χ2v) is 3.67. The van der Waals surface area contributed by atoms with Gasteiger partial charge in [0.25, 0.3) is 0 Å². The fourth-order valence-electron chi connectivity index (χ4n) is 1.23. The van der Waals surface area contributed by atoms with E-state index < -0.39 is 0 Å². The number of aliphatic hydroxyl groups is 1. The Kier molecular flexibility index (Phi) is 5.93. The number of aliphatic hydroxyl groups excluding tert-OH is 1. The van der Waals surface area contributed by atoms with Crippen molar-refractivity contribution in [1.82, 2.24) is 5.32 Å². The largest absolute Gasteiger partial charge is 0.488 e. The normalized spacial score (nSPS) is 10.1. The van der Waals surface area contributed by atoms with Gasteiger partial charge in [0, 0.05) is 13.1 Å². The van der Waals surface area contributed by atoms with Gasteiger partial charge in [0.2, 0.25) is 0 Å². The molecule has 1 rings (SSSR count). The van der Waals surface area contributed by atoms with Gasteiger partial charge in [-0.1, -0.05) is 30.3 Å². The second-order valence-electron chi connectivity index (χ2n) is 3.26. The third-order valence-corrected chi connectivity index (χ3v) is 2.27. The quantitative estimate of drug-likeness (QED) is 0.567. The molecule has 4 heteroatoms. The van der Waals surface area contributed by atoms with Crippen LogP contribution in [0.15, 0.2) is 30.9 Å². The van der Waals surface area contributed by atoms with Crippen molar-refractivity contribution in [2.24, 2.45) is 0 Å². The summed E-state index contributed by atoms with van der Waals surface area (Å²) in [7, 11) is 0. The third-order valence-electron chi connectivity index (χ3n) is 1.97. The van der Waals surface area contributed by atoms with Crippen LogP contribution >= 0.6 is 11.6 Å². The zero-order chi connectivity index (χ0) is 11.8. The molecule has 16 heavy (non-hydrogen) atoms. The molecular weight excluding hydrogens is 226 g/mol. The van der Waals surface area contributed by atoms with Crippen molar-refractivity contribution in [3.05, 3.63) is 41.4 Å². The summed E-state index contributed by atoms with van der Waals surface area (Å²) in [4.78, 5) is 0. The van der Waals surface area contributed by atoms with Crippen molar-refractivity contribution in [3.8, 4) is 5.75 Å². The molecule has 0 aromatic heterocycles. The molecule has 0 bridgehead atoms. The molecule has 0 radical (unpaired) electrons. The Balaban J connectivity index is 2.56. The van der Waals surface area contributed by atoms with Crippen molar-refractivity contribution in [3.63, 3.8) is 0 Å². The zero-order valence-electron chi connectivity index (χ0n) is 9.08. The van der Waals surface area contributed by atoms with E-state index in [1.54, 1.807) is 6.08 Å². The van der Waals surface area contributed by atoms with E-state index in [1.165, 1.54) is 0 Å². The first-order valence-corrected chi connectivity index (χ1v) is 5.49. The second kappa shape index (κ2) is 7.28. The monoisotopic (exact) mass is 241 g/mol. The minimum atomic E-state index is 0.133.